The molecule has 4 rings (SSSR count). The van der Waals surface area contributed by atoms with Crippen molar-refractivity contribution in [3.63, 3.8) is 0 Å². The number of fused-ring (bicyclic) bond motifs is 1. The first-order chi connectivity index (χ1) is 25.1. The number of hydrogen-bond acceptors (Lipinski definition) is 10. The normalized spacial score (nSPS) is 25.9. The molecule has 10 N–H and O–H groups in total. The van der Waals surface area contributed by atoms with Crippen molar-refractivity contribution in [2.24, 2.45) is 16.9 Å². The fraction of sp³-hybridized carbons (Fsp3) is 0.472. The predicted octanol–water partition coefficient (Wildman–Crippen LogP) is -1.85. The van der Waals surface area contributed by atoms with Crippen LogP contribution in [0.5, 0.6) is 0 Å². The number of aliphatic hydroxyl groups excluding tert-OH is 1. The zero-order valence-corrected chi connectivity index (χ0v) is 30.7. The maximum atomic E-state index is 14.1. The lowest BCUT2D eigenvalue weighted by atomic mass is 9.85. The highest BCUT2D eigenvalue weighted by atomic mass is 32.2. The quantitative estimate of drug-likeness (QED) is 0.169. The molecule has 2 aliphatic heterocycles. The number of carbonyl (C=O) groups excluding carboxylic acids is 7. The number of nitrogens with two attached hydrogens (primary N) is 2. The van der Waals surface area contributed by atoms with Crippen LogP contribution < -0.4 is 38.1 Å². The number of aliphatic hydroxyl groups is 1. The van der Waals surface area contributed by atoms with Gasteiger partial charge >= 0.3 is 0 Å². The first kappa shape index (κ1) is 40.8. The van der Waals surface area contributed by atoms with E-state index >= 15 is 0 Å². The largest absolute Gasteiger partial charge is 0.391 e. The number of primary amides is 1. The molecule has 0 aromatic heterocycles. The molecule has 2 aromatic carbocycles. The summed E-state index contributed by atoms with van der Waals surface area (Å²) in [5.41, 5.74) is 13.0. The third-order valence-corrected chi connectivity index (χ3v) is 9.94. The fourth-order valence-corrected chi connectivity index (χ4v) is 6.87. The standard InChI is InChI=1S/C36H48N8O8S/c1-36(2,3)30-35(52)44-17-23(45)14-27(44)34(51)41-24(13-20-9-11-22(12-10-20)21-7-5-4-6-8-21)32(49)39-16-28(46)40-25(15-37)33(50)42-26(31(38)48)18-53-19-29(47)43-30/h4-12,23-27,30,45H,13-19,37H2,1-3H3,(H2,38,48)(H,39,49)(H,40,46)(H,41,51)(H,42,50)(H,43,47)/t23-,24+,25-,26-,27+,30-/m1/s1. The molecule has 2 saturated heterocycles. The zero-order chi connectivity index (χ0) is 38.9. The van der Waals surface area contributed by atoms with Crippen LogP contribution in [0.3, 0.4) is 0 Å². The summed E-state index contributed by atoms with van der Waals surface area (Å²) in [6.45, 7) is 4.07. The SMILES string of the molecule is CC(C)(C)[C@@H]1NC(=O)CSC[C@H](C(N)=O)NC(=O)[C@@H](CN)NC(=O)CNC(=O)[C@H](Cc2ccc(-c3ccccc3)cc2)NC(=O)[C@@H]2C[C@@H](O)CN2C1=O. The third kappa shape index (κ3) is 11.2. The highest BCUT2D eigenvalue weighted by Gasteiger charge is 2.45. The van der Waals surface area contributed by atoms with Crippen molar-refractivity contribution in [1.29, 1.82) is 0 Å². The minimum absolute atomic E-state index is 0.00183. The minimum atomic E-state index is -1.29. The van der Waals surface area contributed by atoms with Crippen molar-refractivity contribution in [2.45, 2.75) is 69.9 Å². The molecule has 16 nitrogen and oxygen atoms in total. The lowest BCUT2D eigenvalue weighted by molar-refractivity contribution is -0.144. The second-order valence-electron chi connectivity index (χ2n) is 14.1. The lowest BCUT2D eigenvalue weighted by Gasteiger charge is -2.35. The number of hydrogen-bond donors (Lipinski definition) is 8. The van der Waals surface area contributed by atoms with Gasteiger partial charge in [0.2, 0.25) is 41.4 Å². The molecule has 2 heterocycles. The van der Waals surface area contributed by atoms with Crippen LogP contribution >= 0.6 is 11.8 Å². The molecule has 17 heteroatoms. The number of carbonyl (C=O) groups is 7. The number of amides is 7. The molecule has 0 radical (unpaired) electrons. The van der Waals surface area contributed by atoms with Gasteiger partial charge in [-0.15, -0.1) is 11.8 Å². The summed E-state index contributed by atoms with van der Waals surface area (Å²) in [6.07, 6.45) is -1.17. The van der Waals surface area contributed by atoms with E-state index in [0.717, 1.165) is 22.9 Å². The van der Waals surface area contributed by atoms with E-state index in [1.165, 1.54) is 4.90 Å². The maximum absolute atomic E-state index is 14.1. The Morgan fingerprint density at radius 1 is 0.849 bits per heavy atom. The van der Waals surface area contributed by atoms with Crippen LogP contribution in [0.2, 0.25) is 0 Å². The molecule has 2 aromatic rings. The second-order valence-corrected chi connectivity index (χ2v) is 15.2. The van der Waals surface area contributed by atoms with Gasteiger partial charge in [0.25, 0.3) is 0 Å². The van der Waals surface area contributed by atoms with Crippen molar-refractivity contribution < 1.29 is 38.7 Å². The van der Waals surface area contributed by atoms with Crippen LogP contribution in [-0.4, -0.2) is 119 Å². The molecular formula is C36H48N8O8S. The number of benzene rings is 2. The van der Waals surface area contributed by atoms with Crippen LogP contribution in [0, 0.1) is 5.41 Å². The Morgan fingerprint density at radius 2 is 1.51 bits per heavy atom. The van der Waals surface area contributed by atoms with E-state index in [1.54, 1.807) is 20.8 Å². The summed E-state index contributed by atoms with van der Waals surface area (Å²) in [5.74, 6) is -5.42. The summed E-state index contributed by atoms with van der Waals surface area (Å²) in [5, 5.41) is 23.4. The highest BCUT2D eigenvalue weighted by molar-refractivity contribution is 8.00. The van der Waals surface area contributed by atoms with Gasteiger partial charge in [-0.25, -0.2) is 0 Å². The van der Waals surface area contributed by atoms with Crippen molar-refractivity contribution in [1.82, 2.24) is 31.5 Å². The average molecular weight is 753 g/mol. The number of nitrogens with zero attached hydrogens (tertiary/aromatic N) is 1. The molecule has 0 spiro atoms. The second kappa shape index (κ2) is 18.2. The van der Waals surface area contributed by atoms with Gasteiger partial charge in [0.15, 0.2) is 0 Å². The summed E-state index contributed by atoms with van der Waals surface area (Å²) >= 11 is 0.973. The van der Waals surface area contributed by atoms with E-state index in [0.29, 0.717) is 5.56 Å². The van der Waals surface area contributed by atoms with Gasteiger partial charge in [0.05, 0.1) is 18.4 Å². The topological polar surface area (TPSA) is 255 Å². The molecule has 0 aliphatic carbocycles. The van der Waals surface area contributed by atoms with E-state index in [4.69, 9.17) is 11.5 Å². The smallest absolute Gasteiger partial charge is 0.246 e. The molecule has 7 amide bonds. The van der Waals surface area contributed by atoms with Crippen molar-refractivity contribution >= 4 is 53.1 Å². The predicted molar refractivity (Wildman–Crippen MR) is 197 cm³/mol. The minimum Gasteiger partial charge on any atom is -0.391 e. The Hall–Kier alpha value is -5.00. The van der Waals surface area contributed by atoms with Gasteiger partial charge in [-0.3, -0.25) is 33.6 Å². The molecule has 0 unspecified atom stereocenters. The van der Waals surface area contributed by atoms with Gasteiger partial charge in [-0.05, 0) is 22.1 Å². The molecule has 2 aliphatic rings. The van der Waals surface area contributed by atoms with E-state index in [1.807, 2.05) is 54.6 Å². The van der Waals surface area contributed by atoms with E-state index in [9.17, 15) is 38.7 Å². The Morgan fingerprint density at radius 3 is 2.13 bits per heavy atom. The molecule has 6 atom stereocenters. The number of nitrogens with one attached hydrogen (secondary N) is 5. The average Bonchev–Trinajstić information content (AvgIpc) is 3.52. The Bertz CT molecular complexity index is 1670. The zero-order valence-electron chi connectivity index (χ0n) is 29.9. The summed E-state index contributed by atoms with van der Waals surface area (Å²) in [6, 6.07) is 10.9. The van der Waals surface area contributed by atoms with Crippen LogP contribution in [0.4, 0.5) is 0 Å². The molecule has 0 saturated carbocycles. The van der Waals surface area contributed by atoms with E-state index < -0.39 is 89.6 Å². The maximum Gasteiger partial charge on any atom is 0.246 e. The van der Waals surface area contributed by atoms with Gasteiger partial charge in [0, 0.05) is 31.7 Å². The van der Waals surface area contributed by atoms with E-state index in [2.05, 4.69) is 26.6 Å². The summed E-state index contributed by atoms with van der Waals surface area (Å²) < 4.78 is 0. The Balaban J connectivity index is 1.65. The van der Waals surface area contributed by atoms with Gasteiger partial charge in [0.1, 0.15) is 30.2 Å². The van der Waals surface area contributed by atoms with Crippen molar-refractivity contribution in [3.8, 4) is 11.1 Å². The molecule has 0 bridgehead atoms. The Kier molecular flexibility index (Phi) is 14.0. The first-order valence-electron chi connectivity index (χ1n) is 17.2. The van der Waals surface area contributed by atoms with Gasteiger partial charge < -0.3 is 48.1 Å². The molecular weight excluding hydrogens is 705 g/mol. The summed E-state index contributed by atoms with van der Waals surface area (Å²) in [4.78, 5) is 93.9. The lowest BCUT2D eigenvalue weighted by Crippen LogP contribution is -2.59. The molecule has 53 heavy (non-hydrogen) atoms. The monoisotopic (exact) mass is 752 g/mol. The molecule has 2 fully saturated rings. The Labute approximate surface area is 311 Å². The van der Waals surface area contributed by atoms with Crippen molar-refractivity contribution in [3.05, 3.63) is 60.2 Å². The molecule has 286 valence electrons. The third-order valence-electron chi connectivity index (χ3n) is 8.91. The van der Waals surface area contributed by atoms with E-state index in [-0.39, 0.29) is 37.4 Å². The van der Waals surface area contributed by atoms with Gasteiger partial charge in [-0.2, -0.15) is 0 Å². The highest BCUT2D eigenvalue weighted by Crippen LogP contribution is 2.27. The fourth-order valence-electron chi connectivity index (χ4n) is 6.00. The first-order valence-corrected chi connectivity index (χ1v) is 18.4. The van der Waals surface area contributed by atoms with Crippen LogP contribution in [0.1, 0.15) is 32.8 Å². The van der Waals surface area contributed by atoms with Crippen molar-refractivity contribution in [2.75, 3.05) is 31.1 Å². The van der Waals surface area contributed by atoms with Crippen LogP contribution in [0.15, 0.2) is 54.6 Å². The number of thioether (sulfide) groups is 1. The summed E-state index contributed by atoms with van der Waals surface area (Å²) in [7, 11) is 0. The number of rotatable bonds is 5. The van der Waals surface area contributed by atoms with Crippen LogP contribution in [0.25, 0.3) is 11.1 Å². The van der Waals surface area contributed by atoms with Gasteiger partial charge in [-0.1, -0.05) is 75.4 Å². The van der Waals surface area contributed by atoms with Crippen LogP contribution in [-0.2, 0) is 40.0 Å².